The van der Waals surface area contributed by atoms with E-state index in [2.05, 4.69) is 5.32 Å². The SMILES string of the molecule is Cc1ccc(CO)cc1NC(=O)c1cc(F)c(F)cc1Cl. The number of aryl methyl sites for hydroxylation is 1. The Kier molecular flexibility index (Phi) is 4.55. The van der Waals surface area contributed by atoms with Crippen molar-refractivity contribution in [2.45, 2.75) is 13.5 Å². The summed E-state index contributed by atoms with van der Waals surface area (Å²) in [6.45, 7) is 1.60. The van der Waals surface area contributed by atoms with Crippen LogP contribution < -0.4 is 5.32 Å². The molecule has 21 heavy (non-hydrogen) atoms. The second-order valence-corrected chi connectivity index (χ2v) is 4.91. The lowest BCUT2D eigenvalue weighted by Gasteiger charge is -2.11. The van der Waals surface area contributed by atoms with Gasteiger partial charge in [-0.05, 0) is 36.2 Å². The van der Waals surface area contributed by atoms with Gasteiger partial charge in [-0.15, -0.1) is 0 Å². The number of benzene rings is 2. The van der Waals surface area contributed by atoms with Crippen molar-refractivity contribution in [1.29, 1.82) is 0 Å². The molecule has 0 atom stereocenters. The lowest BCUT2D eigenvalue weighted by molar-refractivity contribution is 0.102. The van der Waals surface area contributed by atoms with Gasteiger partial charge in [-0.3, -0.25) is 4.79 Å². The van der Waals surface area contributed by atoms with Gasteiger partial charge in [-0.2, -0.15) is 0 Å². The third-order valence-corrected chi connectivity index (χ3v) is 3.30. The van der Waals surface area contributed by atoms with E-state index in [1.807, 2.05) is 0 Å². The predicted molar refractivity (Wildman–Crippen MR) is 76.4 cm³/mol. The van der Waals surface area contributed by atoms with Gasteiger partial charge in [0.1, 0.15) is 0 Å². The van der Waals surface area contributed by atoms with Crippen molar-refractivity contribution in [3.05, 3.63) is 63.7 Å². The van der Waals surface area contributed by atoms with Crippen molar-refractivity contribution in [2.75, 3.05) is 5.32 Å². The lowest BCUT2D eigenvalue weighted by Crippen LogP contribution is -2.14. The Morgan fingerprint density at radius 3 is 2.57 bits per heavy atom. The van der Waals surface area contributed by atoms with Crippen molar-refractivity contribution in [2.24, 2.45) is 0 Å². The molecule has 0 aliphatic heterocycles. The van der Waals surface area contributed by atoms with Gasteiger partial charge in [-0.25, -0.2) is 8.78 Å². The topological polar surface area (TPSA) is 49.3 Å². The van der Waals surface area contributed by atoms with Gasteiger partial charge in [0.15, 0.2) is 11.6 Å². The number of hydrogen-bond acceptors (Lipinski definition) is 2. The van der Waals surface area contributed by atoms with E-state index < -0.39 is 17.5 Å². The van der Waals surface area contributed by atoms with Gasteiger partial charge in [0, 0.05) is 5.69 Å². The number of rotatable bonds is 3. The molecule has 0 saturated heterocycles. The first-order valence-electron chi connectivity index (χ1n) is 6.08. The zero-order chi connectivity index (χ0) is 15.6. The Bertz CT molecular complexity index is 704. The fraction of sp³-hybridized carbons (Fsp3) is 0.133. The maximum atomic E-state index is 13.2. The molecule has 2 rings (SSSR count). The fourth-order valence-corrected chi connectivity index (χ4v) is 2.02. The Morgan fingerprint density at radius 1 is 1.24 bits per heavy atom. The summed E-state index contributed by atoms with van der Waals surface area (Å²) in [6.07, 6.45) is 0. The summed E-state index contributed by atoms with van der Waals surface area (Å²) < 4.78 is 26.2. The first-order valence-corrected chi connectivity index (χ1v) is 6.46. The minimum Gasteiger partial charge on any atom is -0.392 e. The van der Waals surface area contributed by atoms with Crippen LogP contribution in [0.5, 0.6) is 0 Å². The fourth-order valence-electron chi connectivity index (χ4n) is 1.79. The Morgan fingerprint density at radius 2 is 1.90 bits per heavy atom. The standard InChI is InChI=1S/C15H12ClF2NO2/c1-8-2-3-9(7-20)4-14(8)19-15(21)10-5-12(17)13(18)6-11(10)16/h2-6,20H,7H2,1H3,(H,19,21). The molecule has 0 radical (unpaired) electrons. The first-order chi connectivity index (χ1) is 9.92. The van der Waals surface area contributed by atoms with Crippen LogP contribution in [0.4, 0.5) is 14.5 Å². The highest BCUT2D eigenvalue weighted by Gasteiger charge is 2.16. The van der Waals surface area contributed by atoms with Crippen LogP contribution >= 0.6 is 11.6 Å². The smallest absolute Gasteiger partial charge is 0.257 e. The lowest BCUT2D eigenvalue weighted by atomic mass is 10.1. The zero-order valence-electron chi connectivity index (χ0n) is 11.1. The number of carbonyl (C=O) groups excluding carboxylic acids is 1. The predicted octanol–water partition coefficient (Wildman–Crippen LogP) is 3.67. The van der Waals surface area contributed by atoms with Crippen molar-refractivity contribution in [1.82, 2.24) is 0 Å². The molecule has 2 N–H and O–H groups in total. The van der Waals surface area contributed by atoms with Crippen LogP contribution in [-0.2, 0) is 6.61 Å². The molecule has 0 saturated carbocycles. The average molecular weight is 312 g/mol. The number of aliphatic hydroxyl groups excluding tert-OH is 1. The van der Waals surface area contributed by atoms with Crippen molar-refractivity contribution >= 4 is 23.2 Å². The molecule has 0 spiro atoms. The summed E-state index contributed by atoms with van der Waals surface area (Å²) in [6, 6.07) is 6.55. The molecule has 0 heterocycles. The quantitative estimate of drug-likeness (QED) is 0.850. The summed E-state index contributed by atoms with van der Waals surface area (Å²) in [7, 11) is 0. The molecule has 0 unspecified atom stereocenters. The molecule has 1 amide bonds. The molecule has 0 aliphatic rings. The molecule has 0 aromatic heterocycles. The average Bonchev–Trinajstić information content (AvgIpc) is 2.45. The summed E-state index contributed by atoms with van der Waals surface area (Å²) in [5.41, 5.74) is 1.68. The van der Waals surface area contributed by atoms with Crippen LogP contribution in [0.3, 0.4) is 0 Å². The molecule has 0 aliphatic carbocycles. The van der Waals surface area contributed by atoms with Crippen LogP contribution in [0, 0.1) is 18.6 Å². The van der Waals surface area contributed by atoms with Crippen molar-refractivity contribution < 1.29 is 18.7 Å². The van der Waals surface area contributed by atoms with E-state index in [1.54, 1.807) is 25.1 Å². The van der Waals surface area contributed by atoms with Crippen molar-refractivity contribution in [3.63, 3.8) is 0 Å². The van der Waals surface area contributed by atoms with E-state index in [4.69, 9.17) is 16.7 Å². The Balaban J connectivity index is 2.32. The Labute approximate surface area is 125 Å². The van der Waals surface area contributed by atoms with E-state index in [-0.39, 0.29) is 17.2 Å². The third-order valence-electron chi connectivity index (χ3n) is 2.99. The molecular formula is C15H12ClF2NO2. The van der Waals surface area contributed by atoms with E-state index in [0.717, 1.165) is 17.7 Å². The van der Waals surface area contributed by atoms with Gasteiger partial charge in [0.2, 0.25) is 0 Å². The highest BCUT2D eigenvalue weighted by Crippen LogP contribution is 2.23. The number of amides is 1. The van der Waals surface area contributed by atoms with Crippen LogP contribution in [0.1, 0.15) is 21.5 Å². The van der Waals surface area contributed by atoms with E-state index in [0.29, 0.717) is 11.3 Å². The van der Waals surface area contributed by atoms with E-state index in [9.17, 15) is 13.6 Å². The number of aliphatic hydroxyl groups is 1. The minimum atomic E-state index is -1.15. The number of halogens is 3. The highest BCUT2D eigenvalue weighted by molar-refractivity contribution is 6.34. The molecule has 3 nitrogen and oxygen atoms in total. The van der Waals surface area contributed by atoms with Crippen LogP contribution in [0.2, 0.25) is 5.02 Å². The zero-order valence-corrected chi connectivity index (χ0v) is 11.8. The molecule has 2 aromatic rings. The maximum absolute atomic E-state index is 13.2. The second-order valence-electron chi connectivity index (χ2n) is 4.51. The third kappa shape index (κ3) is 3.37. The normalized spacial score (nSPS) is 10.5. The van der Waals surface area contributed by atoms with Gasteiger partial charge < -0.3 is 10.4 Å². The summed E-state index contributed by atoms with van der Waals surface area (Å²) in [4.78, 5) is 12.1. The highest BCUT2D eigenvalue weighted by atomic mass is 35.5. The summed E-state index contributed by atoms with van der Waals surface area (Å²) in [5, 5.41) is 11.5. The first kappa shape index (κ1) is 15.4. The number of hydrogen-bond donors (Lipinski definition) is 2. The second kappa shape index (κ2) is 6.20. The monoisotopic (exact) mass is 311 g/mol. The van der Waals surface area contributed by atoms with Crippen LogP contribution in [0.25, 0.3) is 0 Å². The summed E-state index contributed by atoms with van der Waals surface area (Å²) in [5.74, 6) is -2.92. The molecule has 110 valence electrons. The van der Waals surface area contributed by atoms with E-state index in [1.165, 1.54) is 0 Å². The number of anilines is 1. The molecule has 6 heteroatoms. The van der Waals surface area contributed by atoms with Gasteiger partial charge >= 0.3 is 0 Å². The largest absolute Gasteiger partial charge is 0.392 e. The molecule has 0 bridgehead atoms. The number of carbonyl (C=O) groups is 1. The molecule has 0 fully saturated rings. The molecular weight excluding hydrogens is 300 g/mol. The number of nitrogens with one attached hydrogen (secondary N) is 1. The Hall–Kier alpha value is -1.98. The van der Waals surface area contributed by atoms with Gasteiger partial charge in [0.05, 0.1) is 17.2 Å². The minimum absolute atomic E-state index is 0.163. The van der Waals surface area contributed by atoms with Crippen LogP contribution in [0.15, 0.2) is 30.3 Å². The summed E-state index contributed by atoms with van der Waals surface area (Å²) >= 11 is 5.75. The van der Waals surface area contributed by atoms with E-state index >= 15 is 0 Å². The van der Waals surface area contributed by atoms with Gasteiger partial charge in [0.25, 0.3) is 5.91 Å². The van der Waals surface area contributed by atoms with Crippen LogP contribution in [-0.4, -0.2) is 11.0 Å². The van der Waals surface area contributed by atoms with Crippen molar-refractivity contribution in [3.8, 4) is 0 Å². The molecule has 2 aromatic carbocycles. The van der Waals surface area contributed by atoms with Gasteiger partial charge in [-0.1, -0.05) is 23.7 Å². The maximum Gasteiger partial charge on any atom is 0.257 e.